The summed E-state index contributed by atoms with van der Waals surface area (Å²) in [6.45, 7) is 3.24. The van der Waals surface area contributed by atoms with Crippen LogP contribution in [0.2, 0.25) is 0 Å². The Bertz CT molecular complexity index is 273. The van der Waals surface area contributed by atoms with Gasteiger partial charge in [0.1, 0.15) is 0 Å². The molecule has 3 heteroatoms. The maximum absolute atomic E-state index is 5.41. The normalized spacial score (nSPS) is 22.8. The fourth-order valence-electron chi connectivity index (χ4n) is 1.95. The molecule has 1 fully saturated rings. The van der Waals surface area contributed by atoms with E-state index >= 15 is 0 Å². The van der Waals surface area contributed by atoms with E-state index in [-0.39, 0.29) is 0 Å². The van der Waals surface area contributed by atoms with Crippen molar-refractivity contribution in [3.05, 3.63) is 35.9 Å². The molecule has 0 amide bonds. The standard InChI is InChI=1S/C11H17N3/c12-13-11-6-7-14(9-11)8-10-4-2-1-3-5-10/h1-5,11,13H,6-9,12H2/t11-/m1/s1. The Kier molecular flexibility index (Phi) is 3.14. The fraction of sp³-hybridized carbons (Fsp3) is 0.455. The zero-order valence-electron chi connectivity index (χ0n) is 8.32. The lowest BCUT2D eigenvalue weighted by molar-refractivity contribution is 0.320. The van der Waals surface area contributed by atoms with E-state index in [1.165, 1.54) is 5.56 Å². The van der Waals surface area contributed by atoms with Gasteiger partial charge >= 0.3 is 0 Å². The van der Waals surface area contributed by atoms with Crippen LogP contribution in [-0.4, -0.2) is 24.0 Å². The summed E-state index contributed by atoms with van der Waals surface area (Å²) in [6.07, 6.45) is 1.16. The lowest BCUT2D eigenvalue weighted by Crippen LogP contribution is -2.37. The molecule has 2 rings (SSSR count). The number of nitrogens with two attached hydrogens (primary N) is 1. The zero-order valence-corrected chi connectivity index (χ0v) is 8.32. The molecule has 0 unspecified atom stereocenters. The summed E-state index contributed by atoms with van der Waals surface area (Å²) in [5.41, 5.74) is 4.22. The Balaban J connectivity index is 1.88. The van der Waals surface area contributed by atoms with Gasteiger partial charge in [-0.2, -0.15) is 0 Å². The van der Waals surface area contributed by atoms with Crippen molar-refractivity contribution in [2.24, 2.45) is 5.84 Å². The van der Waals surface area contributed by atoms with E-state index in [2.05, 4.69) is 40.7 Å². The average Bonchev–Trinajstić information content (AvgIpc) is 2.67. The maximum atomic E-state index is 5.41. The molecule has 0 aromatic heterocycles. The fourth-order valence-corrected chi connectivity index (χ4v) is 1.95. The average molecular weight is 191 g/mol. The minimum Gasteiger partial charge on any atom is -0.297 e. The van der Waals surface area contributed by atoms with E-state index in [0.29, 0.717) is 6.04 Å². The third kappa shape index (κ3) is 2.32. The van der Waals surface area contributed by atoms with Gasteiger partial charge in [0, 0.05) is 25.7 Å². The highest BCUT2D eigenvalue weighted by Crippen LogP contribution is 2.12. The topological polar surface area (TPSA) is 41.3 Å². The smallest absolute Gasteiger partial charge is 0.0350 e. The molecule has 0 bridgehead atoms. The van der Waals surface area contributed by atoms with Crippen molar-refractivity contribution in [3.63, 3.8) is 0 Å². The Labute approximate surface area is 84.9 Å². The van der Waals surface area contributed by atoms with Gasteiger partial charge in [0.25, 0.3) is 0 Å². The molecule has 1 heterocycles. The van der Waals surface area contributed by atoms with Gasteiger partial charge in [0.2, 0.25) is 0 Å². The van der Waals surface area contributed by atoms with Crippen molar-refractivity contribution in [1.82, 2.24) is 10.3 Å². The van der Waals surface area contributed by atoms with Crippen molar-refractivity contribution in [2.75, 3.05) is 13.1 Å². The summed E-state index contributed by atoms with van der Waals surface area (Å²) >= 11 is 0. The van der Waals surface area contributed by atoms with Crippen LogP contribution in [-0.2, 0) is 6.54 Å². The Hall–Kier alpha value is -0.900. The molecule has 1 aromatic rings. The van der Waals surface area contributed by atoms with Crippen molar-refractivity contribution in [3.8, 4) is 0 Å². The minimum absolute atomic E-state index is 0.471. The molecule has 1 atom stereocenters. The van der Waals surface area contributed by atoms with Gasteiger partial charge in [-0.1, -0.05) is 30.3 Å². The van der Waals surface area contributed by atoms with Gasteiger partial charge in [-0.3, -0.25) is 16.2 Å². The largest absolute Gasteiger partial charge is 0.297 e. The Morgan fingerprint density at radius 1 is 1.36 bits per heavy atom. The van der Waals surface area contributed by atoms with Crippen molar-refractivity contribution < 1.29 is 0 Å². The van der Waals surface area contributed by atoms with Crippen LogP contribution < -0.4 is 11.3 Å². The van der Waals surface area contributed by atoms with E-state index in [0.717, 1.165) is 26.1 Å². The van der Waals surface area contributed by atoms with Crippen LogP contribution >= 0.6 is 0 Å². The molecule has 3 nitrogen and oxygen atoms in total. The predicted octanol–water partition coefficient (Wildman–Crippen LogP) is 0.724. The molecule has 1 aliphatic heterocycles. The first-order chi connectivity index (χ1) is 6.88. The number of benzene rings is 1. The first-order valence-electron chi connectivity index (χ1n) is 5.11. The molecule has 1 saturated heterocycles. The van der Waals surface area contributed by atoms with Crippen molar-refractivity contribution in [1.29, 1.82) is 0 Å². The van der Waals surface area contributed by atoms with Gasteiger partial charge in [-0.15, -0.1) is 0 Å². The predicted molar refractivity (Wildman–Crippen MR) is 57.4 cm³/mol. The van der Waals surface area contributed by atoms with E-state index < -0.39 is 0 Å². The lowest BCUT2D eigenvalue weighted by Gasteiger charge is -2.15. The van der Waals surface area contributed by atoms with Crippen molar-refractivity contribution in [2.45, 2.75) is 19.0 Å². The van der Waals surface area contributed by atoms with Gasteiger partial charge < -0.3 is 0 Å². The second kappa shape index (κ2) is 4.55. The quantitative estimate of drug-likeness (QED) is 0.546. The third-order valence-electron chi connectivity index (χ3n) is 2.76. The third-order valence-corrected chi connectivity index (χ3v) is 2.76. The van der Waals surface area contributed by atoms with Gasteiger partial charge in [0.15, 0.2) is 0 Å². The van der Waals surface area contributed by atoms with Crippen LogP contribution in [0.15, 0.2) is 30.3 Å². The number of rotatable bonds is 3. The van der Waals surface area contributed by atoms with Crippen molar-refractivity contribution >= 4 is 0 Å². The molecule has 76 valence electrons. The summed E-state index contributed by atoms with van der Waals surface area (Å²) in [5.74, 6) is 5.41. The Morgan fingerprint density at radius 3 is 2.79 bits per heavy atom. The van der Waals surface area contributed by atoms with Gasteiger partial charge in [0.05, 0.1) is 0 Å². The SMILES string of the molecule is NN[C@@H]1CCN(Cc2ccccc2)C1. The Morgan fingerprint density at radius 2 is 2.14 bits per heavy atom. The monoisotopic (exact) mass is 191 g/mol. The van der Waals surface area contributed by atoms with Gasteiger partial charge in [-0.25, -0.2) is 0 Å². The molecule has 0 saturated carbocycles. The van der Waals surface area contributed by atoms with Crippen LogP contribution in [0.3, 0.4) is 0 Å². The van der Waals surface area contributed by atoms with Crippen LogP contribution in [0.5, 0.6) is 0 Å². The molecule has 0 aliphatic carbocycles. The molecule has 3 N–H and O–H groups in total. The van der Waals surface area contributed by atoms with Crippen LogP contribution in [0.4, 0.5) is 0 Å². The van der Waals surface area contributed by atoms with Gasteiger partial charge in [-0.05, 0) is 12.0 Å². The summed E-state index contributed by atoms with van der Waals surface area (Å²) < 4.78 is 0. The number of hydrogen-bond donors (Lipinski definition) is 2. The summed E-state index contributed by atoms with van der Waals surface area (Å²) in [5, 5.41) is 0. The highest BCUT2D eigenvalue weighted by atomic mass is 15.3. The summed E-state index contributed by atoms with van der Waals surface area (Å²) in [4.78, 5) is 2.43. The first-order valence-corrected chi connectivity index (χ1v) is 5.11. The molecular formula is C11H17N3. The first kappa shape index (κ1) is 9.65. The van der Waals surface area contributed by atoms with E-state index in [4.69, 9.17) is 5.84 Å². The molecule has 1 aliphatic rings. The highest BCUT2D eigenvalue weighted by Gasteiger charge is 2.20. The molecule has 1 aromatic carbocycles. The number of likely N-dealkylation sites (tertiary alicyclic amines) is 1. The van der Waals surface area contributed by atoms with E-state index in [1.54, 1.807) is 0 Å². The lowest BCUT2D eigenvalue weighted by atomic mass is 10.2. The van der Waals surface area contributed by atoms with E-state index in [1.807, 2.05) is 0 Å². The minimum atomic E-state index is 0.471. The second-order valence-electron chi connectivity index (χ2n) is 3.87. The van der Waals surface area contributed by atoms with Crippen LogP contribution in [0.25, 0.3) is 0 Å². The zero-order chi connectivity index (χ0) is 9.80. The molecule has 0 spiro atoms. The summed E-state index contributed by atoms with van der Waals surface area (Å²) in [7, 11) is 0. The number of hydrazine groups is 1. The number of nitrogens with one attached hydrogen (secondary N) is 1. The molecular weight excluding hydrogens is 174 g/mol. The molecule has 0 radical (unpaired) electrons. The number of nitrogens with zero attached hydrogens (tertiary/aromatic N) is 1. The number of hydrogen-bond acceptors (Lipinski definition) is 3. The highest BCUT2D eigenvalue weighted by molar-refractivity contribution is 5.14. The summed E-state index contributed by atoms with van der Waals surface area (Å²) in [6, 6.07) is 11.0. The van der Waals surface area contributed by atoms with Crippen LogP contribution in [0.1, 0.15) is 12.0 Å². The van der Waals surface area contributed by atoms with Crippen LogP contribution in [0, 0.1) is 0 Å². The molecule has 14 heavy (non-hydrogen) atoms. The second-order valence-corrected chi connectivity index (χ2v) is 3.87. The maximum Gasteiger partial charge on any atom is 0.0350 e. The van der Waals surface area contributed by atoms with E-state index in [9.17, 15) is 0 Å².